The first-order valence-electron chi connectivity index (χ1n) is 4.23. The summed E-state index contributed by atoms with van der Waals surface area (Å²) in [5.74, 6) is 0.853. The van der Waals surface area contributed by atoms with Gasteiger partial charge in [0.2, 0.25) is 11.1 Å². The lowest BCUT2D eigenvalue weighted by atomic mass is 10.5. The molecule has 2 rings (SSSR count). The fourth-order valence-corrected chi connectivity index (χ4v) is 1.54. The van der Waals surface area contributed by atoms with E-state index in [1.165, 1.54) is 11.8 Å². The number of anilines is 1. The van der Waals surface area contributed by atoms with Crippen LogP contribution >= 0.6 is 11.8 Å². The standard InChI is InChI=1S/C7H8N6OS/c1-2-15-7-10-4-3(12-13-7)5(14)11-6(8)9-4/h2H2,1H3,(H3,8,9,10,11,13,14). The largest absolute Gasteiger partial charge is 0.369 e. The highest BCUT2D eigenvalue weighted by Gasteiger charge is 2.07. The number of nitrogens with two attached hydrogens (primary N) is 1. The van der Waals surface area contributed by atoms with Gasteiger partial charge in [-0.25, -0.2) is 0 Å². The van der Waals surface area contributed by atoms with Gasteiger partial charge < -0.3 is 5.73 Å². The molecular formula is C7H8N6OS. The van der Waals surface area contributed by atoms with Crippen molar-refractivity contribution >= 4 is 28.9 Å². The second kappa shape index (κ2) is 3.81. The minimum atomic E-state index is -0.425. The third-order valence-electron chi connectivity index (χ3n) is 1.61. The summed E-state index contributed by atoms with van der Waals surface area (Å²) < 4.78 is 0. The van der Waals surface area contributed by atoms with Crippen molar-refractivity contribution in [1.82, 2.24) is 25.1 Å². The van der Waals surface area contributed by atoms with Crippen molar-refractivity contribution in [1.29, 1.82) is 0 Å². The van der Waals surface area contributed by atoms with Crippen LogP contribution < -0.4 is 11.3 Å². The maximum atomic E-state index is 11.3. The molecule has 0 aliphatic heterocycles. The summed E-state index contributed by atoms with van der Waals surface area (Å²) in [4.78, 5) is 21.6. The average Bonchev–Trinajstić information content (AvgIpc) is 2.17. The fourth-order valence-electron chi connectivity index (χ4n) is 1.04. The topological polar surface area (TPSA) is 110 Å². The SMILES string of the molecule is CCSc1nnc2c(=O)[nH]c(N)nc2n1. The molecule has 7 nitrogen and oxygen atoms in total. The summed E-state index contributed by atoms with van der Waals surface area (Å²) in [7, 11) is 0. The molecule has 78 valence electrons. The zero-order valence-electron chi connectivity index (χ0n) is 7.89. The van der Waals surface area contributed by atoms with Gasteiger partial charge >= 0.3 is 0 Å². The van der Waals surface area contributed by atoms with Crippen LogP contribution in [0.25, 0.3) is 11.2 Å². The number of H-pyrrole nitrogens is 1. The van der Waals surface area contributed by atoms with E-state index in [0.717, 1.165) is 5.75 Å². The number of hydrogen-bond acceptors (Lipinski definition) is 7. The Kier molecular flexibility index (Phi) is 2.50. The summed E-state index contributed by atoms with van der Waals surface area (Å²) in [5, 5.41) is 8.02. The van der Waals surface area contributed by atoms with Crippen LogP contribution in [0.15, 0.2) is 9.95 Å². The normalized spacial score (nSPS) is 10.7. The number of hydrogen-bond donors (Lipinski definition) is 2. The van der Waals surface area contributed by atoms with Crippen molar-refractivity contribution < 1.29 is 0 Å². The molecule has 0 aliphatic rings. The molecule has 0 amide bonds. The molecule has 0 saturated heterocycles. The molecular weight excluding hydrogens is 216 g/mol. The first-order valence-corrected chi connectivity index (χ1v) is 5.22. The van der Waals surface area contributed by atoms with Gasteiger partial charge in [-0.3, -0.25) is 9.78 Å². The first kappa shape index (κ1) is 9.84. The van der Waals surface area contributed by atoms with E-state index in [1.54, 1.807) is 0 Å². The highest BCUT2D eigenvalue weighted by atomic mass is 32.2. The average molecular weight is 224 g/mol. The van der Waals surface area contributed by atoms with E-state index < -0.39 is 5.56 Å². The molecule has 0 fully saturated rings. The van der Waals surface area contributed by atoms with Crippen molar-refractivity contribution in [3.05, 3.63) is 10.4 Å². The zero-order chi connectivity index (χ0) is 10.8. The summed E-state index contributed by atoms with van der Waals surface area (Å²) in [5.41, 5.74) is 5.29. The predicted molar refractivity (Wildman–Crippen MR) is 56.6 cm³/mol. The van der Waals surface area contributed by atoms with Gasteiger partial charge in [-0.1, -0.05) is 18.7 Å². The maximum Gasteiger partial charge on any atom is 0.282 e. The van der Waals surface area contributed by atoms with Crippen LogP contribution in [-0.2, 0) is 0 Å². The number of nitrogen functional groups attached to an aromatic ring is 1. The Balaban J connectivity index is 2.65. The van der Waals surface area contributed by atoms with Crippen LogP contribution in [0.5, 0.6) is 0 Å². The smallest absolute Gasteiger partial charge is 0.282 e. The van der Waals surface area contributed by atoms with Crippen LogP contribution in [0, 0.1) is 0 Å². The van der Waals surface area contributed by atoms with Crippen molar-refractivity contribution in [2.75, 3.05) is 11.5 Å². The lowest BCUT2D eigenvalue weighted by Gasteiger charge is -1.98. The van der Waals surface area contributed by atoms with E-state index in [4.69, 9.17) is 5.73 Å². The molecule has 2 aromatic rings. The lowest BCUT2D eigenvalue weighted by molar-refractivity contribution is 0.864. The Morgan fingerprint density at radius 3 is 2.93 bits per heavy atom. The third-order valence-corrected chi connectivity index (χ3v) is 2.33. The van der Waals surface area contributed by atoms with E-state index in [0.29, 0.717) is 5.16 Å². The van der Waals surface area contributed by atoms with E-state index in [9.17, 15) is 4.79 Å². The van der Waals surface area contributed by atoms with Crippen molar-refractivity contribution in [2.24, 2.45) is 0 Å². The van der Waals surface area contributed by atoms with Gasteiger partial charge in [0.1, 0.15) is 0 Å². The number of rotatable bonds is 2. The fraction of sp³-hybridized carbons (Fsp3) is 0.286. The number of aromatic amines is 1. The van der Waals surface area contributed by atoms with Crippen molar-refractivity contribution in [3.63, 3.8) is 0 Å². The van der Waals surface area contributed by atoms with E-state index in [1.807, 2.05) is 6.92 Å². The second-order valence-electron chi connectivity index (χ2n) is 2.65. The molecule has 0 aliphatic carbocycles. The van der Waals surface area contributed by atoms with Crippen molar-refractivity contribution in [3.8, 4) is 0 Å². The number of fused-ring (bicyclic) bond motifs is 1. The van der Waals surface area contributed by atoms with Gasteiger partial charge in [0, 0.05) is 0 Å². The predicted octanol–water partition coefficient (Wildman–Crippen LogP) is -0.198. The monoisotopic (exact) mass is 224 g/mol. The van der Waals surface area contributed by atoms with E-state index >= 15 is 0 Å². The van der Waals surface area contributed by atoms with Crippen LogP contribution in [0.4, 0.5) is 5.95 Å². The van der Waals surface area contributed by atoms with Crippen LogP contribution in [0.2, 0.25) is 0 Å². The van der Waals surface area contributed by atoms with Gasteiger partial charge in [-0.15, -0.1) is 10.2 Å². The zero-order valence-corrected chi connectivity index (χ0v) is 8.71. The molecule has 0 bridgehead atoms. The van der Waals surface area contributed by atoms with Crippen LogP contribution in [0.1, 0.15) is 6.92 Å². The number of nitrogens with one attached hydrogen (secondary N) is 1. The van der Waals surface area contributed by atoms with E-state index in [2.05, 4.69) is 25.1 Å². The van der Waals surface area contributed by atoms with E-state index in [-0.39, 0.29) is 17.1 Å². The molecule has 15 heavy (non-hydrogen) atoms. The number of aromatic nitrogens is 5. The summed E-state index contributed by atoms with van der Waals surface area (Å²) in [6.45, 7) is 1.97. The molecule has 3 N–H and O–H groups in total. The highest BCUT2D eigenvalue weighted by Crippen LogP contribution is 2.11. The molecule has 0 spiro atoms. The van der Waals surface area contributed by atoms with Gasteiger partial charge in [0.15, 0.2) is 11.2 Å². The maximum absolute atomic E-state index is 11.3. The Morgan fingerprint density at radius 2 is 2.20 bits per heavy atom. The minimum Gasteiger partial charge on any atom is -0.369 e. The molecule has 8 heteroatoms. The van der Waals surface area contributed by atoms with Gasteiger partial charge in [0.25, 0.3) is 5.56 Å². The Hall–Kier alpha value is -1.70. The Labute approximate surface area is 88.5 Å². The molecule has 0 unspecified atom stereocenters. The van der Waals surface area contributed by atoms with Crippen LogP contribution in [-0.4, -0.2) is 30.9 Å². The molecule has 0 saturated carbocycles. The first-order chi connectivity index (χ1) is 7.20. The Bertz CT molecular complexity index is 553. The summed E-state index contributed by atoms with van der Waals surface area (Å²) in [6.07, 6.45) is 0. The molecule has 2 aromatic heterocycles. The van der Waals surface area contributed by atoms with Gasteiger partial charge in [-0.2, -0.15) is 9.97 Å². The number of thioether (sulfide) groups is 1. The van der Waals surface area contributed by atoms with Crippen molar-refractivity contribution in [2.45, 2.75) is 12.1 Å². The molecule has 2 heterocycles. The highest BCUT2D eigenvalue weighted by molar-refractivity contribution is 7.99. The van der Waals surface area contributed by atoms with Gasteiger partial charge in [-0.05, 0) is 5.75 Å². The van der Waals surface area contributed by atoms with Crippen LogP contribution in [0.3, 0.4) is 0 Å². The second-order valence-corrected chi connectivity index (χ2v) is 3.88. The molecule has 0 radical (unpaired) electrons. The summed E-state index contributed by atoms with van der Waals surface area (Å²) >= 11 is 1.42. The molecule has 0 atom stereocenters. The van der Waals surface area contributed by atoms with Gasteiger partial charge in [0.05, 0.1) is 0 Å². The lowest BCUT2D eigenvalue weighted by Crippen LogP contribution is -2.14. The summed E-state index contributed by atoms with van der Waals surface area (Å²) in [6, 6.07) is 0. The minimum absolute atomic E-state index is 0.0282. The third kappa shape index (κ3) is 1.89. The Morgan fingerprint density at radius 1 is 1.40 bits per heavy atom. The quantitative estimate of drug-likeness (QED) is 0.679. The molecule has 0 aromatic carbocycles. The number of nitrogens with zero attached hydrogens (tertiary/aromatic N) is 4.